The topological polar surface area (TPSA) is 83.5 Å². The fourth-order valence-corrected chi connectivity index (χ4v) is 1.50. The first kappa shape index (κ1) is 14.3. The molecule has 0 fully saturated rings. The molecule has 5 nitrogen and oxygen atoms in total. The average Bonchev–Trinajstić information content (AvgIpc) is 2.14. The molecule has 0 radical (unpaired) electrons. The lowest BCUT2D eigenvalue weighted by Crippen LogP contribution is -2.30. The van der Waals surface area contributed by atoms with Gasteiger partial charge in [-0.05, 0) is 24.6 Å². The third kappa shape index (κ3) is 2.92. The molecule has 0 spiro atoms. The minimum atomic E-state index is -5.91. The molecular weight excluding hydrogens is 277 g/mol. The first-order valence-corrected chi connectivity index (χ1v) is 5.78. The third-order valence-electron chi connectivity index (χ3n) is 1.84. The molecule has 1 rings (SSSR count). The van der Waals surface area contributed by atoms with E-state index in [4.69, 9.17) is 0 Å². The Morgan fingerprint density at radius 3 is 2.33 bits per heavy atom. The zero-order valence-electron chi connectivity index (χ0n) is 8.82. The number of rotatable bonds is 3. The summed E-state index contributed by atoms with van der Waals surface area (Å²) in [5, 5.41) is 10.6. The number of carboxylic acid groups (broad SMARTS) is 1. The Morgan fingerprint density at radius 2 is 1.89 bits per heavy atom. The summed E-state index contributed by atoms with van der Waals surface area (Å²) in [6.07, 6.45) is 0. The fraction of sp³-hybridized carbons (Fsp3) is 0.222. The second kappa shape index (κ2) is 4.48. The molecule has 0 aromatic heterocycles. The van der Waals surface area contributed by atoms with Crippen molar-refractivity contribution in [3.63, 3.8) is 0 Å². The van der Waals surface area contributed by atoms with Crippen molar-refractivity contribution in [2.75, 3.05) is 0 Å². The minimum Gasteiger partial charge on any atom is -0.545 e. The van der Waals surface area contributed by atoms with Crippen LogP contribution in [0.3, 0.4) is 0 Å². The molecule has 1 aromatic carbocycles. The van der Waals surface area contributed by atoms with Gasteiger partial charge in [0, 0.05) is 5.56 Å². The molecule has 0 unspecified atom stereocenters. The van der Waals surface area contributed by atoms with Crippen LogP contribution in [-0.2, 0) is 10.1 Å². The molecule has 1 aromatic rings. The maximum Gasteiger partial charge on any atom is 0.534 e. The predicted octanol–water partition coefficient (Wildman–Crippen LogP) is 0.587. The molecule has 0 atom stereocenters. The standard InChI is InChI=1S/C9H7F3O5S/c1-5-2-3-6(8(13)14)7(4-5)17-18(15,16)9(10,11)12/h2-4H,1H3,(H,13,14)/p-1. The van der Waals surface area contributed by atoms with Crippen LogP contribution >= 0.6 is 0 Å². The van der Waals surface area contributed by atoms with Crippen molar-refractivity contribution in [1.82, 2.24) is 0 Å². The second-order valence-corrected chi connectivity index (χ2v) is 4.81. The first-order chi connectivity index (χ1) is 8.04. The number of aromatic carboxylic acids is 1. The average molecular weight is 283 g/mol. The van der Waals surface area contributed by atoms with Crippen molar-refractivity contribution in [3.05, 3.63) is 29.3 Å². The Labute approximate surface area is 99.9 Å². The fourth-order valence-electron chi connectivity index (χ4n) is 1.03. The molecule has 100 valence electrons. The highest BCUT2D eigenvalue weighted by molar-refractivity contribution is 7.88. The highest BCUT2D eigenvalue weighted by Crippen LogP contribution is 2.29. The van der Waals surface area contributed by atoms with E-state index in [0.717, 1.165) is 12.1 Å². The van der Waals surface area contributed by atoms with Gasteiger partial charge in [0.15, 0.2) is 5.75 Å². The van der Waals surface area contributed by atoms with E-state index < -0.39 is 32.9 Å². The summed E-state index contributed by atoms with van der Waals surface area (Å²) in [4.78, 5) is 10.6. The van der Waals surface area contributed by atoms with Gasteiger partial charge in [-0.25, -0.2) is 0 Å². The molecular formula is C9H6F3O5S-. The van der Waals surface area contributed by atoms with E-state index in [2.05, 4.69) is 4.18 Å². The molecule has 9 heteroatoms. The Balaban J connectivity index is 3.27. The summed E-state index contributed by atoms with van der Waals surface area (Å²) in [7, 11) is -5.91. The van der Waals surface area contributed by atoms with Crippen LogP contribution in [0.5, 0.6) is 5.75 Å². The zero-order valence-corrected chi connectivity index (χ0v) is 9.63. The van der Waals surface area contributed by atoms with Crippen LogP contribution < -0.4 is 9.29 Å². The third-order valence-corrected chi connectivity index (χ3v) is 2.81. The minimum absolute atomic E-state index is 0.326. The summed E-state index contributed by atoms with van der Waals surface area (Å²) >= 11 is 0. The van der Waals surface area contributed by atoms with Gasteiger partial charge in [-0.3, -0.25) is 0 Å². The van der Waals surface area contributed by atoms with Gasteiger partial charge in [-0.2, -0.15) is 21.6 Å². The lowest BCUT2D eigenvalue weighted by Gasteiger charge is -2.13. The smallest absolute Gasteiger partial charge is 0.534 e. The Hall–Kier alpha value is -1.77. The van der Waals surface area contributed by atoms with E-state index in [0.29, 0.717) is 5.56 Å². The number of alkyl halides is 3. The Morgan fingerprint density at radius 1 is 1.33 bits per heavy atom. The molecule has 0 amide bonds. The van der Waals surface area contributed by atoms with Crippen LogP contribution in [0.1, 0.15) is 15.9 Å². The van der Waals surface area contributed by atoms with Crippen molar-refractivity contribution in [1.29, 1.82) is 0 Å². The van der Waals surface area contributed by atoms with Crippen LogP contribution in [0.15, 0.2) is 18.2 Å². The number of halogens is 3. The van der Waals surface area contributed by atoms with E-state index in [-0.39, 0.29) is 0 Å². The second-order valence-electron chi connectivity index (χ2n) is 3.27. The van der Waals surface area contributed by atoms with Gasteiger partial charge in [0.1, 0.15) is 0 Å². The summed E-state index contributed by atoms with van der Waals surface area (Å²) < 4.78 is 61.5. The quantitative estimate of drug-likeness (QED) is 0.598. The van der Waals surface area contributed by atoms with E-state index in [1.807, 2.05) is 0 Å². The molecule has 0 aliphatic heterocycles. The van der Waals surface area contributed by atoms with E-state index in [1.165, 1.54) is 13.0 Å². The number of carbonyl (C=O) groups is 1. The molecule has 0 saturated carbocycles. The highest BCUT2D eigenvalue weighted by atomic mass is 32.2. The lowest BCUT2D eigenvalue weighted by molar-refractivity contribution is -0.255. The van der Waals surface area contributed by atoms with Gasteiger partial charge < -0.3 is 14.1 Å². The van der Waals surface area contributed by atoms with Crippen LogP contribution in [0.25, 0.3) is 0 Å². The largest absolute Gasteiger partial charge is 0.545 e. The molecule has 0 bridgehead atoms. The number of carboxylic acids is 1. The van der Waals surface area contributed by atoms with Gasteiger partial charge >= 0.3 is 15.6 Å². The van der Waals surface area contributed by atoms with Crippen LogP contribution in [-0.4, -0.2) is 19.9 Å². The molecule has 0 N–H and O–H groups in total. The van der Waals surface area contributed by atoms with Crippen LogP contribution in [0.2, 0.25) is 0 Å². The van der Waals surface area contributed by atoms with Gasteiger partial charge in [0.2, 0.25) is 0 Å². The SMILES string of the molecule is Cc1ccc(C(=O)[O-])c(OS(=O)(=O)C(F)(F)F)c1. The van der Waals surface area contributed by atoms with Crippen LogP contribution in [0, 0.1) is 6.92 Å². The summed E-state index contributed by atoms with van der Waals surface area (Å²) in [5.41, 5.74) is -6.10. The molecule has 0 heterocycles. The Bertz CT molecular complexity index is 576. The maximum atomic E-state index is 12.1. The summed E-state index contributed by atoms with van der Waals surface area (Å²) in [6.45, 7) is 1.42. The van der Waals surface area contributed by atoms with Gasteiger partial charge in [0.05, 0.1) is 5.97 Å². The van der Waals surface area contributed by atoms with Crippen molar-refractivity contribution in [2.24, 2.45) is 0 Å². The molecule has 0 aliphatic carbocycles. The monoisotopic (exact) mass is 283 g/mol. The molecule has 0 aliphatic rings. The van der Waals surface area contributed by atoms with Gasteiger partial charge in [-0.15, -0.1) is 0 Å². The summed E-state index contributed by atoms with van der Waals surface area (Å²) in [5.74, 6) is -2.78. The molecule has 0 saturated heterocycles. The summed E-state index contributed by atoms with van der Waals surface area (Å²) in [6, 6.07) is 3.01. The van der Waals surface area contributed by atoms with E-state index >= 15 is 0 Å². The lowest BCUT2D eigenvalue weighted by atomic mass is 10.1. The zero-order chi connectivity index (χ0) is 14.1. The Kier molecular flexibility index (Phi) is 3.56. The number of hydrogen-bond donors (Lipinski definition) is 0. The van der Waals surface area contributed by atoms with Crippen molar-refractivity contribution in [3.8, 4) is 5.75 Å². The van der Waals surface area contributed by atoms with E-state index in [1.54, 1.807) is 0 Å². The van der Waals surface area contributed by atoms with Gasteiger partial charge in [0.25, 0.3) is 0 Å². The highest BCUT2D eigenvalue weighted by Gasteiger charge is 2.48. The number of hydrogen-bond acceptors (Lipinski definition) is 5. The van der Waals surface area contributed by atoms with Crippen molar-refractivity contribution >= 4 is 16.1 Å². The van der Waals surface area contributed by atoms with Crippen molar-refractivity contribution < 1.29 is 35.7 Å². The van der Waals surface area contributed by atoms with Gasteiger partial charge in [-0.1, -0.05) is 6.07 Å². The number of carbonyl (C=O) groups excluding carboxylic acids is 1. The number of aryl methyl sites for hydroxylation is 1. The number of benzene rings is 1. The van der Waals surface area contributed by atoms with E-state index in [9.17, 15) is 31.5 Å². The first-order valence-electron chi connectivity index (χ1n) is 4.37. The normalized spacial score (nSPS) is 12.2. The van der Waals surface area contributed by atoms with Crippen molar-refractivity contribution in [2.45, 2.75) is 12.4 Å². The maximum absolute atomic E-state index is 12.1. The van der Waals surface area contributed by atoms with Crippen LogP contribution in [0.4, 0.5) is 13.2 Å². The predicted molar refractivity (Wildman–Crippen MR) is 51.1 cm³/mol. The molecule has 18 heavy (non-hydrogen) atoms.